The number of carbonyl (C=O) groups excluding carboxylic acids is 1. The van der Waals surface area contributed by atoms with Gasteiger partial charge in [-0.3, -0.25) is 9.10 Å². The van der Waals surface area contributed by atoms with Crippen LogP contribution in [0.3, 0.4) is 0 Å². The maximum Gasteiger partial charge on any atom is 0.264 e. The standard InChI is InChI=1S/C25H28N2O7S/c1-31-20-8-7-9-21(17-20)34-15-14-26-25(28)18-27(35(29,30)22-10-5-4-6-11-22)19-12-13-23(32-2)24(16-19)33-3/h4-13,16-17H,14-15,18H2,1-3H3,(H,26,28). The number of methoxy groups -OCH3 is 3. The highest BCUT2D eigenvalue weighted by molar-refractivity contribution is 7.92. The molecule has 0 spiro atoms. The molecule has 0 fully saturated rings. The summed E-state index contributed by atoms with van der Waals surface area (Å²) in [5.74, 6) is 1.53. The molecule has 0 aromatic heterocycles. The van der Waals surface area contributed by atoms with Crippen molar-refractivity contribution in [2.45, 2.75) is 4.90 Å². The third-order valence-corrected chi connectivity index (χ3v) is 6.80. The molecule has 3 aromatic rings. The highest BCUT2D eigenvalue weighted by Gasteiger charge is 2.28. The molecule has 10 heteroatoms. The second-order valence-electron chi connectivity index (χ2n) is 7.24. The van der Waals surface area contributed by atoms with Crippen LogP contribution in [0.5, 0.6) is 23.0 Å². The Morgan fingerprint density at radius 1 is 0.829 bits per heavy atom. The van der Waals surface area contributed by atoms with Crippen LogP contribution in [-0.4, -0.2) is 55.4 Å². The Kier molecular flexibility index (Phi) is 8.80. The molecule has 3 rings (SSSR count). The molecule has 35 heavy (non-hydrogen) atoms. The van der Waals surface area contributed by atoms with Crippen LogP contribution < -0.4 is 28.6 Å². The number of rotatable bonds is 12. The molecule has 0 aliphatic rings. The molecule has 0 aliphatic heterocycles. The molecule has 0 saturated carbocycles. The molecular weight excluding hydrogens is 472 g/mol. The highest BCUT2D eigenvalue weighted by Crippen LogP contribution is 2.33. The first-order chi connectivity index (χ1) is 16.9. The molecule has 0 bridgehead atoms. The van der Waals surface area contributed by atoms with E-state index in [1.165, 1.54) is 32.4 Å². The molecule has 0 saturated heterocycles. The van der Waals surface area contributed by atoms with Gasteiger partial charge in [0.15, 0.2) is 11.5 Å². The van der Waals surface area contributed by atoms with Crippen molar-refractivity contribution in [1.82, 2.24) is 5.32 Å². The lowest BCUT2D eigenvalue weighted by molar-refractivity contribution is -0.119. The summed E-state index contributed by atoms with van der Waals surface area (Å²) in [6.45, 7) is -0.0617. The zero-order valence-corrected chi connectivity index (χ0v) is 20.6. The van der Waals surface area contributed by atoms with Crippen LogP contribution in [0.2, 0.25) is 0 Å². The Bertz CT molecular complexity index is 1230. The molecule has 186 valence electrons. The number of hydrogen-bond acceptors (Lipinski definition) is 7. The van der Waals surface area contributed by atoms with E-state index >= 15 is 0 Å². The number of amides is 1. The Morgan fingerprint density at radius 3 is 2.23 bits per heavy atom. The van der Waals surface area contributed by atoms with Gasteiger partial charge in [0.25, 0.3) is 10.0 Å². The fourth-order valence-electron chi connectivity index (χ4n) is 3.25. The molecule has 1 amide bonds. The van der Waals surface area contributed by atoms with E-state index in [0.717, 1.165) is 4.31 Å². The topological polar surface area (TPSA) is 103 Å². The van der Waals surface area contributed by atoms with Crippen LogP contribution in [0.1, 0.15) is 0 Å². The molecular formula is C25H28N2O7S. The number of carbonyl (C=O) groups is 1. The number of anilines is 1. The Labute approximate surface area is 205 Å². The quantitative estimate of drug-likeness (QED) is 0.381. The van der Waals surface area contributed by atoms with Crippen LogP contribution in [0.25, 0.3) is 0 Å². The van der Waals surface area contributed by atoms with Crippen molar-refractivity contribution in [3.8, 4) is 23.0 Å². The zero-order valence-electron chi connectivity index (χ0n) is 19.8. The largest absolute Gasteiger partial charge is 0.497 e. The third kappa shape index (κ3) is 6.57. The predicted octanol–water partition coefficient (Wildman–Crippen LogP) is 3.10. The smallest absolute Gasteiger partial charge is 0.264 e. The maximum atomic E-state index is 13.4. The number of nitrogens with one attached hydrogen (secondary N) is 1. The summed E-state index contributed by atoms with van der Waals surface area (Å²) in [4.78, 5) is 12.8. The van der Waals surface area contributed by atoms with E-state index in [9.17, 15) is 13.2 Å². The normalized spacial score (nSPS) is 10.8. The minimum atomic E-state index is -4.04. The molecule has 0 atom stereocenters. The van der Waals surface area contributed by atoms with Gasteiger partial charge in [-0.2, -0.15) is 0 Å². The van der Waals surface area contributed by atoms with Crippen LogP contribution in [-0.2, 0) is 14.8 Å². The van der Waals surface area contributed by atoms with Gasteiger partial charge in [-0.1, -0.05) is 24.3 Å². The van der Waals surface area contributed by atoms with Crippen molar-refractivity contribution in [2.75, 3.05) is 45.3 Å². The van der Waals surface area contributed by atoms with E-state index in [2.05, 4.69) is 5.32 Å². The lowest BCUT2D eigenvalue weighted by Gasteiger charge is -2.25. The summed E-state index contributed by atoms with van der Waals surface area (Å²) >= 11 is 0. The first-order valence-corrected chi connectivity index (χ1v) is 12.2. The van der Waals surface area contributed by atoms with Gasteiger partial charge in [0, 0.05) is 12.1 Å². The molecule has 9 nitrogen and oxygen atoms in total. The second-order valence-corrected chi connectivity index (χ2v) is 9.10. The van der Waals surface area contributed by atoms with Gasteiger partial charge < -0.3 is 24.3 Å². The van der Waals surface area contributed by atoms with E-state index < -0.39 is 22.5 Å². The van der Waals surface area contributed by atoms with Crippen molar-refractivity contribution in [1.29, 1.82) is 0 Å². The predicted molar refractivity (Wildman–Crippen MR) is 132 cm³/mol. The summed E-state index contributed by atoms with van der Waals surface area (Å²) in [6, 6.07) is 19.7. The highest BCUT2D eigenvalue weighted by atomic mass is 32.2. The fraction of sp³-hybridized carbons (Fsp3) is 0.240. The molecule has 0 aliphatic carbocycles. The first kappa shape index (κ1) is 25.7. The number of ether oxygens (including phenoxy) is 4. The van der Waals surface area contributed by atoms with Crippen LogP contribution >= 0.6 is 0 Å². The van der Waals surface area contributed by atoms with Crippen molar-refractivity contribution >= 4 is 21.6 Å². The number of sulfonamides is 1. The van der Waals surface area contributed by atoms with Crippen molar-refractivity contribution in [3.05, 3.63) is 72.8 Å². The molecule has 3 aromatic carbocycles. The minimum Gasteiger partial charge on any atom is -0.497 e. The summed E-state index contributed by atoms with van der Waals surface area (Å²) < 4.78 is 49.2. The third-order valence-electron chi connectivity index (χ3n) is 5.01. The Hall–Kier alpha value is -3.92. The van der Waals surface area contributed by atoms with Crippen LogP contribution in [0.15, 0.2) is 77.7 Å². The average Bonchev–Trinajstić information content (AvgIpc) is 2.89. The van der Waals surface area contributed by atoms with Gasteiger partial charge in [-0.15, -0.1) is 0 Å². The lowest BCUT2D eigenvalue weighted by atomic mass is 10.2. The summed E-state index contributed by atoms with van der Waals surface area (Å²) in [5.41, 5.74) is 0.259. The van der Waals surface area contributed by atoms with Gasteiger partial charge in [0.2, 0.25) is 5.91 Å². The maximum absolute atomic E-state index is 13.4. The van der Waals surface area contributed by atoms with Gasteiger partial charge >= 0.3 is 0 Å². The number of hydrogen-bond donors (Lipinski definition) is 1. The van der Waals surface area contributed by atoms with Gasteiger partial charge in [-0.05, 0) is 36.4 Å². The SMILES string of the molecule is COc1cccc(OCCNC(=O)CN(c2ccc(OC)c(OC)c2)S(=O)(=O)c2ccccc2)c1. The molecule has 0 heterocycles. The molecule has 0 unspecified atom stereocenters. The van der Waals surface area contributed by atoms with Crippen LogP contribution in [0, 0.1) is 0 Å². The van der Waals surface area contributed by atoms with Crippen molar-refractivity contribution in [2.24, 2.45) is 0 Å². The Morgan fingerprint density at radius 2 is 1.54 bits per heavy atom. The average molecular weight is 501 g/mol. The first-order valence-electron chi connectivity index (χ1n) is 10.7. The monoisotopic (exact) mass is 500 g/mol. The second kappa shape index (κ2) is 12.0. The van der Waals surface area contributed by atoms with Gasteiger partial charge in [0.1, 0.15) is 24.7 Å². The summed E-state index contributed by atoms with van der Waals surface area (Å²) in [5, 5.41) is 2.70. The van der Waals surface area contributed by atoms with Gasteiger partial charge in [0.05, 0.1) is 38.5 Å². The summed E-state index contributed by atoms with van der Waals surface area (Å²) in [7, 11) is 0.453. The van der Waals surface area contributed by atoms with Crippen molar-refractivity contribution < 1.29 is 32.2 Å². The van der Waals surface area contributed by atoms with E-state index in [0.29, 0.717) is 23.0 Å². The minimum absolute atomic E-state index is 0.0592. The molecule has 1 N–H and O–H groups in total. The number of nitrogens with zero attached hydrogens (tertiary/aromatic N) is 1. The zero-order chi connectivity index (χ0) is 25.3. The van der Waals surface area contributed by atoms with Crippen LogP contribution in [0.4, 0.5) is 5.69 Å². The van der Waals surface area contributed by atoms with E-state index in [1.807, 2.05) is 0 Å². The van der Waals surface area contributed by atoms with E-state index in [4.69, 9.17) is 18.9 Å². The van der Waals surface area contributed by atoms with Crippen molar-refractivity contribution in [3.63, 3.8) is 0 Å². The van der Waals surface area contributed by atoms with E-state index in [1.54, 1.807) is 61.7 Å². The van der Waals surface area contributed by atoms with Gasteiger partial charge in [-0.25, -0.2) is 8.42 Å². The lowest BCUT2D eigenvalue weighted by Crippen LogP contribution is -2.41. The fourth-order valence-corrected chi connectivity index (χ4v) is 4.69. The molecule has 0 radical (unpaired) electrons. The number of benzene rings is 3. The summed E-state index contributed by atoms with van der Waals surface area (Å²) in [6.07, 6.45) is 0. The van der Waals surface area contributed by atoms with E-state index in [-0.39, 0.29) is 23.7 Å². The Balaban J connectivity index is 1.75.